The summed E-state index contributed by atoms with van der Waals surface area (Å²) in [6.45, 7) is 8.20. The van der Waals surface area contributed by atoms with Crippen LogP contribution in [0.25, 0.3) is 0 Å². The highest BCUT2D eigenvalue weighted by Gasteiger charge is 2.23. The van der Waals surface area contributed by atoms with E-state index >= 15 is 0 Å². The third kappa shape index (κ3) is 4.33. The van der Waals surface area contributed by atoms with Crippen molar-refractivity contribution < 1.29 is 9.94 Å². The summed E-state index contributed by atoms with van der Waals surface area (Å²) in [6, 6.07) is 0.0223. The van der Waals surface area contributed by atoms with Crippen LogP contribution in [0.15, 0.2) is 5.16 Å². The molecule has 0 radical (unpaired) electrons. The Balaban J connectivity index is 1.61. The van der Waals surface area contributed by atoms with Crippen LogP contribution in [0.5, 0.6) is 0 Å². The molecule has 0 aromatic rings. The Hall–Kier alpha value is -0.850. The Bertz CT molecular complexity index is 310. The topological polar surface area (TPSA) is 74.3 Å². The Morgan fingerprint density at radius 1 is 1.40 bits per heavy atom. The van der Waals surface area contributed by atoms with Crippen LogP contribution in [0.2, 0.25) is 0 Å². The predicted molar refractivity (Wildman–Crippen MR) is 79.1 cm³/mol. The van der Waals surface area contributed by atoms with Crippen LogP contribution in [-0.2, 0) is 4.74 Å². The smallest absolute Gasteiger partial charge is 0.156 e. The molecule has 2 unspecified atom stereocenters. The average molecular weight is 284 g/mol. The van der Waals surface area contributed by atoms with Gasteiger partial charge in [-0.3, -0.25) is 4.90 Å². The van der Waals surface area contributed by atoms with Crippen molar-refractivity contribution in [2.24, 2.45) is 10.9 Å². The second-order valence-electron chi connectivity index (χ2n) is 5.86. The molecule has 0 bridgehead atoms. The molecule has 3 N–H and O–H groups in total. The molecule has 2 fully saturated rings. The number of oxime groups is 1. The van der Waals surface area contributed by atoms with E-state index in [0.29, 0.717) is 11.9 Å². The molecule has 2 heterocycles. The molecule has 0 aromatic carbocycles. The first-order valence-electron chi connectivity index (χ1n) is 7.76. The van der Waals surface area contributed by atoms with Crippen molar-refractivity contribution in [1.29, 1.82) is 0 Å². The molecule has 116 valence electrons. The van der Waals surface area contributed by atoms with Crippen molar-refractivity contribution in [3.8, 4) is 0 Å². The standard InChI is InChI=1S/C14H28N4O2/c1-12(14(15)16-19)18-9-7-17(8-10-18)6-2-4-13-5-3-11-20-13/h12-13,19H,2-11H2,1H3,(H2,15,16). The monoisotopic (exact) mass is 284 g/mol. The summed E-state index contributed by atoms with van der Waals surface area (Å²) in [4.78, 5) is 4.77. The van der Waals surface area contributed by atoms with Crippen LogP contribution in [-0.4, -0.2) is 72.3 Å². The fourth-order valence-electron chi connectivity index (χ4n) is 3.06. The van der Waals surface area contributed by atoms with Crippen LogP contribution in [0.3, 0.4) is 0 Å². The van der Waals surface area contributed by atoms with Crippen molar-refractivity contribution in [3.63, 3.8) is 0 Å². The summed E-state index contributed by atoms with van der Waals surface area (Å²) in [7, 11) is 0. The van der Waals surface area contributed by atoms with Gasteiger partial charge in [-0.1, -0.05) is 5.16 Å². The summed E-state index contributed by atoms with van der Waals surface area (Å²) in [5.41, 5.74) is 5.66. The summed E-state index contributed by atoms with van der Waals surface area (Å²) in [6.07, 6.45) is 5.40. The minimum atomic E-state index is 0.0223. The fraction of sp³-hybridized carbons (Fsp3) is 0.929. The molecule has 0 amide bonds. The maximum absolute atomic E-state index is 8.72. The first-order chi connectivity index (χ1) is 9.70. The van der Waals surface area contributed by atoms with Crippen molar-refractivity contribution in [3.05, 3.63) is 0 Å². The van der Waals surface area contributed by atoms with Crippen molar-refractivity contribution in [1.82, 2.24) is 9.80 Å². The van der Waals surface area contributed by atoms with E-state index < -0.39 is 0 Å². The average Bonchev–Trinajstić information content (AvgIpc) is 2.99. The highest BCUT2D eigenvalue weighted by Crippen LogP contribution is 2.17. The van der Waals surface area contributed by atoms with Crippen molar-refractivity contribution >= 4 is 5.84 Å². The van der Waals surface area contributed by atoms with Crippen molar-refractivity contribution in [2.75, 3.05) is 39.3 Å². The summed E-state index contributed by atoms with van der Waals surface area (Å²) in [5, 5.41) is 11.8. The lowest BCUT2D eigenvalue weighted by Crippen LogP contribution is -2.53. The lowest BCUT2D eigenvalue weighted by Gasteiger charge is -2.37. The number of hydrogen-bond donors (Lipinski definition) is 2. The Morgan fingerprint density at radius 2 is 2.15 bits per heavy atom. The lowest BCUT2D eigenvalue weighted by atomic mass is 10.1. The second-order valence-corrected chi connectivity index (χ2v) is 5.86. The molecule has 2 rings (SSSR count). The normalized spacial score (nSPS) is 27.9. The SMILES string of the molecule is CC(C(N)=NO)N1CCN(CCCC2CCCO2)CC1. The number of nitrogens with zero attached hydrogens (tertiary/aromatic N) is 3. The van der Waals surface area contributed by atoms with E-state index in [4.69, 9.17) is 15.7 Å². The molecule has 0 aromatic heterocycles. The van der Waals surface area contributed by atoms with Crippen LogP contribution < -0.4 is 5.73 Å². The number of ether oxygens (including phenoxy) is 1. The van der Waals surface area contributed by atoms with Gasteiger partial charge in [-0.25, -0.2) is 0 Å². The van der Waals surface area contributed by atoms with Gasteiger partial charge >= 0.3 is 0 Å². The molecule has 20 heavy (non-hydrogen) atoms. The number of rotatable bonds is 6. The van der Waals surface area contributed by atoms with Gasteiger partial charge in [0.25, 0.3) is 0 Å². The van der Waals surface area contributed by atoms with Gasteiger partial charge in [0.2, 0.25) is 0 Å². The highest BCUT2D eigenvalue weighted by atomic mass is 16.5. The molecule has 2 aliphatic rings. The van der Waals surface area contributed by atoms with Gasteiger partial charge in [-0.2, -0.15) is 0 Å². The zero-order valence-corrected chi connectivity index (χ0v) is 12.5. The van der Waals surface area contributed by atoms with Gasteiger partial charge in [0, 0.05) is 32.8 Å². The third-order valence-corrected chi connectivity index (χ3v) is 4.52. The third-order valence-electron chi connectivity index (χ3n) is 4.52. The second kappa shape index (κ2) is 7.81. The number of hydrogen-bond acceptors (Lipinski definition) is 5. The van der Waals surface area contributed by atoms with Gasteiger partial charge in [0.1, 0.15) is 0 Å². The lowest BCUT2D eigenvalue weighted by molar-refractivity contribution is 0.0894. The van der Waals surface area contributed by atoms with E-state index in [-0.39, 0.29) is 6.04 Å². The van der Waals surface area contributed by atoms with E-state index in [0.717, 1.165) is 39.3 Å². The van der Waals surface area contributed by atoms with Crippen molar-refractivity contribution in [2.45, 2.75) is 44.8 Å². The van der Waals surface area contributed by atoms with Gasteiger partial charge in [0.15, 0.2) is 5.84 Å². The maximum Gasteiger partial charge on any atom is 0.156 e. The predicted octanol–water partition coefficient (Wildman–Crippen LogP) is 0.698. The molecule has 0 aliphatic carbocycles. The molecule has 6 nitrogen and oxygen atoms in total. The first-order valence-corrected chi connectivity index (χ1v) is 7.76. The van der Waals surface area contributed by atoms with Gasteiger partial charge in [-0.15, -0.1) is 0 Å². The molecule has 0 spiro atoms. The van der Waals surface area contributed by atoms with E-state index in [1.165, 1.54) is 25.7 Å². The molecular formula is C14H28N4O2. The largest absolute Gasteiger partial charge is 0.409 e. The van der Waals surface area contributed by atoms with E-state index in [2.05, 4.69) is 15.0 Å². The molecular weight excluding hydrogens is 256 g/mol. The van der Waals surface area contributed by atoms with Gasteiger partial charge < -0.3 is 20.6 Å². The van der Waals surface area contributed by atoms with Crippen LogP contribution in [0, 0.1) is 0 Å². The number of piperazine rings is 1. The quantitative estimate of drug-likeness (QED) is 0.325. The molecule has 2 saturated heterocycles. The molecule has 2 atom stereocenters. The fourth-order valence-corrected chi connectivity index (χ4v) is 3.06. The van der Waals surface area contributed by atoms with Crippen LogP contribution in [0.4, 0.5) is 0 Å². The van der Waals surface area contributed by atoms with Crippen LogP contribution in [0.1, 0.15) is 32.6 Å². The number of amidine groups is 1. The van der Waals surface area contributed by atoms with Crippen LogP contribution >= 0.6 is 0 Å². The zero-order valence-electron chi connectivity index (χ0n) is 12.5. The molecule has 6 heteroatoms. The molecule has 2 aliphatic heterocycles. The minimum Gasteiger partial charge on any atom is -0.409 e. The Kier molecular flexibility index (Phi) is 6.06. The van der Waals surface area contributed by atoms with E-state index in [1.807, 2.05) is 6.92 Å². The first kappa shape index (κ1) is 15.5. The zero-order chi connectivity index (χ0) is 14.4. The highest BCUT2D eigenvalue weighted by molar-refractivity contribution is 5.84. The van der Waals surface area contributed by atoms with E-state index in [1.54, 1.807) is 0 Å². The number of nitrogens with two attached hydrogens (primary N) is 1. The summed E-state index contributed by atoms with van der Waals surface area (Å²) < 4.78 is 5.65. The van der Waals surface area contributed by atoms with Gasteiger partial charge in [-0.05, 0) is 39.2 Å². The minimum absolute atomic E-state index is 0.0223. The maximum atomic E-state index is 8.72. The Morgan fingerprint density at radius 3 is 2.75 bits per heavy atom. The van der Waals surface area contributed by atoms with Gasteiger partial charge in [0.05, 0.1) is 12.1 Å². The molecule has 0 saturated carbocycles. The summed E-state index contributed by atoms with van der Waals surface area (Å²) in [5.74, 6) is 0.303. The Labute approximate surface area is 121 Å². The van der Waals surface area contributed by atoms with E-state index in [9.17, 15) is 0 Å². The summed E-state index contributed by atoms with van der Waals surface area (Å²) >= 11 is 0.